The van der Waals surface area contributed by atoms with Gasteiger partial charge in [0.2, 0.25) is 0 Å². The van der Waals surface area contributed by atoms with E-state index in [9.17, 15) is 0 Å². The molecule has 1 aromatic carbocycles. The summed E-state index contributed by atoms with van der Waals surface area (Å²) in [7, 11) is 0. The summed E-state index contributed by atoms with van der Waals surface area (Å²) in [6.07, 6.45) is 1.60. The van der Waals surface area contributed by atoms with Crippen LogP contribution < -0.4 is 17.0 Å². The average molecular weight is 189 g/mol. The third-order valence-electron chi connectivity index (χ3n) is 2.09. The maximum Gasteiger partial charge on any atom is 0.0716 e. The molecule has 14 heavy (non-hydrogen) atoms. The molecule has 1 rings (SSSR count). The molecule has 0 aliphatic carbocycles. The van der Waals surface area contributed by atoms with Gasteiger partial charge >= 0.3 is 0 Å². The van der Waals surface area contributed by atoms with E-state index in [-0.39, 0.29) is 0 Å². The van der Waals surface area contributed by atoms with Gasteiger partial charge in [-0.1, -0.05) is 30.8 Å². The molecule has 0 fully saturated rings. The molecule has 0 radical (unpaired) electrons. The Kier molecular flexibility index (Phi) is 3.31. The highest BCUT2D eigenvalue weighted by molar-refractivity contribution is 5.69. The maximum atomic E-state index is 5.93. The van der Waals surface area contributed by atoms with Crippen LogP contribution in [0.1, 0.15) is 11.1 Å². The van der Waals surface area contributed by atoms with Crippen molar-refractivity contribution in [2.24, 2.45) is 11.6 Å². The molecule has 0 spiro atoms. The van der Waals surface area contributed by atoms with Gasteiger partial charge in [-0.15, -0.1) is 0 Å². The van der Waals surface area contributed by atoms with Gasteiger partial charge in [-0.25, -0.2) is 0 Å². The molecule has 1 aromatic rings. The zero-order valence-corrected chi connectivity index (χ0v) is 8.25. The molecule has 74 valence electrons. The third kappa shape index (κ3) is 1.95. The van der Waals surface area contributed by atoms with Crippen LogP contribution in [0.4, 0.5) is 0 Å². The zero-order valence-electron chi connectivity index (χ0n) is 8.25. The molecule has 0 saturated heterocycles. The Hall–Kier alpha value is -1.74. The SMILES string of the molecule is C=C/C(NN)=C(/N)c1ccccc1C. The summed E-state index contributed by atoms with van der Waals surface area (Å²) in [5.74, 6) is 5.31. The third-order valence-corrected chi connectivity index (χ3v) is 2.09. The number of nitrogens with two attached hydrogens (primary N) is 2. The van der Waals surface area contributed by atoms with E-state index >= 15 is 0 Å². The van der Waals surface area contributed by atoms with E-state index in [4.69, 9.17) is 11.6 Å². The number of rotatable bonds is 3. The predicted molar refractivity (Wildman–Crippen MR) is 59.8 cm³/mol. The van der Waals surface area contributed by atoms with Gasteiger partial charge in [0, 0.05) is 5.56 Å². The van der Waals surface area contributed by atoms with Crippen molar-refractivity contribution in [1.82, 2.24) is 5.43 Å². The van der Waals surface area contributed by atoms with Gasteiger partial charge < -0.3 is 11.2 Å². The van der Waals surface area contributed by atoms with E-state index in [2.05, 4.69) is 12.0 Å². The highest BCUT2D eigenvalue weighted by atomic mass is 15.2. The van der Waals surface area contributed by atoms with E-state index in [1.165, 1.54) is 0 Å². The second-order valence-electron chi connectivity index (χ2n) is 2.99. The number of nitrogens with one attached hydrogen (secondary N) is 1. The first-order valence-electron chi connectivity index (χ1n) is 4.35. The van der Waals surface area contributed by atoms with Crippen LogP contribution in [-0.2, 0) is 0 Å². The molecule has 0 atom stereocenters. The number of hydrogen-bond donors (Lipinski definition) is 3. The van der Waals surface area contributed by atoms with E-state index in [1.807, 2.05) is 31.2 Å². The average Bonchev–Trinajstić information content (AvgIpc) is 2.20. The fourth-order valence-electron chi connectivity index (χ4n) is 1.27. The fraction of sp³-hybridized carbons (Fsp3) is 0.0909. The summed E-state index contributed by atoms with van der Waals surface area (Å²) in [5.41, 5.74) is 11.8. The minimum atomic E-state index is 0.612. The first kappa shape index (κ1) is 10.3. The molecular weight excluding hydrogens is 174 g/mol. The first-order chi connectivity index (χ1) is 6.70. The zero-order chi connectivity index (χ0) is 10.6. The van der Waals surface area contributed by atoms with E-state index in [1.54, 1.807) is 6.08 Å². The van der Waals surface area contributed by atoms with Gasteiger partial charge in [-0.05, 0) is 18.6 Å². The number of allylic oxidation sites excluding steroid dienone is 1. The lowest BCUT2D eigenvalue weighted by Gasteiger charge is -2.09. The number of benzene rings is 1. The highest BCUT2D eigenvalue weighted by Crippen LogP contribution is 2.16. The Morgan fingerprint density at radius 3 is 2.57 bits per heavy atom. The summed E-state index contributed by atoms with van der Waals surface area (Å²) in [6.45, 7) is 5.63. The lowest BCUT2D eigenvalue weighted by molar-refractivity contribution is 0.916. The van der Waals surface area contributed by atoms with Gasteiger partial charge in [0.25, 0.3) is 0 Å². The summed E-state index contributed by atoms with van der Waals surface area (Å²) < 4.78 is 0. The van der Waals surface area contributed by atoms with Crippen LogP contribution >= 0.6 is 0 Å². The predicted octanol–water partition coefficient (Wildman–Crippen LogP) is 1.27. The van der Waals surface area contributed by atoms with Crippen molar-refractivity contribution in [1.29, 1.82) is 0 Å². The Morgan fingerprint density at radius 2 is 2.07 bits per heavy atom. The van der Waals surface area contributed by atoms with Crippen LogP contribution in [0.2, 0.25) is 0 Å². The van der Waals surface area contributed by atoms with Gasteiger partial charge in [0.15, 0.2) is 0 Å². The van der Waals surface area contributed by atoms with Crippen molar-refractivity contribution in [3.8, 4) is 0 Å². The van der Waals surface area contributed by atoms with E-state index in [0.717, 1.165) is 11.1 Å². The summed E-state index contributed by atoms with van der Waals surface area (Å²) in [6, 6.07) is 7.85. The summed E-state index contributed by atoms with van der Waals surface area (Å²) in [5, 5.41) is 0. The maximum absolute atomic E-state index is 5.93. The first-order valence-corrected chi connectivity index (χ1v) is 4.35. The van der Waals surface area contributed by atoms with E-state index < -0.39 is 0 Å². The molecule has 0 aliphatic heterocycles. The lowest BCUT2D eigenvalue weighted by Crippen LogP contribution is -2.23. The monoisotopic (exact) mass is 189 g/mol. The second kappa shape index (κ2) is 4.48. The van der Waals surface area contributed by atoms with Crippen molar-refractivity contribution in [3.05, 3.63) is 53.7 Å². The van der Waals surface area contributed by atoms with Crippen molar-refractivity contribution in [3.63, 3.8) is 0 Å². The molecule has 0 unspecified atom stereocenters. The topological polar surface area (TPSA) is 64.1 Å². The van der Waals surface area contributed by atoms with E-state index in [0.29, 0.717) is 11.4 Å². The van der Waals surface area contributed by atoms with Crippen LogP contribution in [0.25, 0.3) is 5.70 Å². The Labute approximate surface area is 84.1 Å². The van der Waals surface area contributed by atoms with Gasteiger partial charge in [0.05, 0.1) is 11.4 Å². The molecule has 0 aliphatic rings. The largest absolute Gasteiger partial charge is 0.397 e. The Balaban J connectivity index is 3.23. The standard InChI is InChI=1S/C11H15N3/c1-3-10(14-13)11(12)9-7-5-4-6-8(9)2/h3-7,14H,1,12-13H2,2H3/b11-10-. The van der Waals surface area contributed by atoms with Gasteiger partial charge in [0.1, 0.15) is 0 Å². The minimum Gasteiger partial charge on any atom is -0.397 e. The number of hydrogen-bond acceptors (Lipinski definition) is 3. The van der Waals surface area contributed by atoms with Crippen LogP contribution in [0.15, 0.2) is 42.6 Å². The molecule has 3 heteroatoms. The Bertz CT molecular complexity index is 367. The minimum absolute atomic E-state index is 0.612. The molecule has 0 amide bonds. The molecule has 5 N–H and O–H groups in total. The number of hydrazine groups is 1. The lowest BCUT2D eigenvalue weighted by atomic mass is 10.0. The van der Waals surface area contributed by atoms with Crippen LogP contribution in [0, 0.1) is 6.92 Å². The van der Waals surface area contributed by atoms with Crippen molar-refractivity contribution >= 4 is 5.70 Å². The molecule has 0 aromatic heterocycles. The second-order valence-corrected chi connectivity index (χ2v) is 2.99. The van der Waals surface area contributed by atoms with Crippen molar-refractivity contribution < 1.29 is 0 Å². The van der Waals surface area contributed by atoms with Crippen LogP contribution in [0.3, 0.4) is 0 Å². The molecule has 0 saturated carbocycles. The van der Waals surface area contributed by atoms with Gasteiger partial charge in [-0.3, -0.25) is 5.84 Å². The highest BCUT2D eigenvalue weighted by Gasteiger charge is 2.03. The molecule has 0 heterocycles. The fourth-order valence-corrected chi connectivity index (χ4v) is 1.27. The Morgan fingerprint density at radius 1 is 1.43 bits per heavy atom. The quantitative estimate of drug-likeness (QED) is 0.381. The van der Waals surface area contributed by atoms with Crippen LogP contribution in [0.5, 0.6) is 0 Å². The normalized spacial score (nSPS) is 11.9. The number of aryl methyl sites for hydroxylation is 1. The van der Waals surface area contributed by atoms with Gasteiger partial charge in [-0.2, -0.15) is 0 Å². The summed E-state index contributed by atoms with van der Waals surface area (Å²) >= 11 is 0. The molecule has 3 nitrogen and oxygen atoms in total. The smallest absolute Gasteiger partial charge is 0.0716 e. The molecule has 0 bridgehead atoms. The van der Waals surface area contributed by atoms with Crippen molar-refractivity contribution in [2.75, 3.05) is 0 Å². The van der Waals surface area contributed by atoms with Crippen molar-refractivity contribution in [2.45, 2.75) is 6.92 Å². The summed E-state index contributed by atoms with van der Waals surface area (Å²) in [4.78, 5) is 0. The van der Waals surface area contributed by atoms with Crippen LogP contribution in [-0.4, -0.2) is 0 Å². The molecular formula is C11H15N3.